The van der Waals surface area contributed by atoms with Crippen LogP contribution in [-0.4, -0.2) is 17.5 Å². The van der Waals surface area contributed by atoms with Crippen molar-refractivity contribution in [1.82, 2.24) is 4.98 Å². The summed E-state index contributed by atoms with van der Waals surface area (Å²) >= 11 is 11.6. The molecule has 0 fully saturated rings. The molecule has 0 unspecified atom stereocenters. The molecule has 1 heterocycles. The zero-order valence-electron chi connectivity index (χ0n) is 9.77. The lowest BCUT2D eigenvalue weighted by Gasteiger charge is -2.07. The van der Waals surface area contributed by atoms with Gasteiger partial charge in [0.15, 0.2) is 6.61 Å². The van der Waals surface area contributed by atoms with E-state index in [1.165, 1.54) is 0 Å². The number of pyridine rings is 1. The van der Waals surface area contributed by atoms with Crippen molar-refractivity contribution in [3.8, 4) is 5.75 Å². The van der Waals surface area contributed by atoms with Crippen LogP contribution in [0.25, 0.3) is 0 Å². The highest BCUT2D eigenvalue weighted by Gasteiger charge is 2.05. The maximum absolute atomic E-state index is 11.6. The number of hydrogen-bond donors (Lipinski definition) is 1. The van der Waals surface area contributed by atoms with Gasteiger partial charge in [-0.25, -0.2) is 0 Å². The summed E-state index contributed by atoms with van der Waals surface area (Å²) in [5.74, 6) is 0.155. The highest BCUT2D eigenvalue weighted by Crippen LogP contribution is 2.24. The molecule has 98 valence electrons. The summed E-state index contributed by atoms with van der Waals surface area (Å²) < 4.78 is 5.30. The molecule has 4 nitrogen and oxygen atoms in total. The fourth-order valence-corrected chi connectivity index (χ4v) is 1.90. The lowest BCUT2D eigenvalue weighted by molar-refractivity contribution is -0.118. The molecule has 0 saturated carbocycles. The zero-order valence-corrected chi connectivity index (χ0v) is 11.3. The summed E-state index contributed by atoms with van der Waals surface area (Å²) in [6.45, 7) is -0.133. The minimum atomic E-state index is -0.288. The predicted molar refractivity (Wildman–Crippen MR) is 74.8 cm³/mol. The van der Waals surface area contributed by atoms with E-state index in [4.69, 9.17) is 27.9 Å². The number of aromatic nitrogens is 1. The van der Waals surface area contributed by atoms with Gasteiger partial charge in [-0.1, -0.05) is 23.2 Å². The first kappa shape index (κ1) is 13.6. The van der Waals surface area contributed by atoms with Gasteiger partial charge in [-0.3, -0.25) is 9.78 Å². The number of carbonyl (C=O) groups is 1. The number of nitrogens with zero attached hydrogens (tertiary/aromatic N) is 1. The SMILES string of the molecule is O=C(COc1cc(Cl)cc(Cl)c1)Nc1cccnc1. The molecule has 1 aromatic heterocycles. The van der Waals surface area contributed by atoms with Gasteiger partial charge in [0.2, 0.25) is 0 Å². The second-order valence-corrected chi connectivity index (χ2v) is 4.56. The molecular formula is C13H10Cl2N2O2. The average molecular weight is 297 g/mol. The molecule has 0 aliphatic carbocycles. The van der Waals surface area contributed by atoms with Crippen molar-refractivity contribution in [3.63, 3.8) is 0 Å². The monoisotopic (exact) mass is 296 g/mol. The molecule has 0 saturated heterocycles. The summed E-state index contributed by atoms with van der Waals surface area (Å²) in [6, 6.07) is 8.23. The van der Waals surface area contributed by atoms with E-state index >= 15 is 0 Å². The molecule has 2 aromatic rings. The van der Waals surface area contributed by atoms with Crippen LogP contribution >= 0.6 is 23.2 Å². The molecule has 1 aromatic carbocycles. The lowest BCUT2D eigenvalue weighted by Crippen LogP contribution is -2.20. The van der Waals surface area contributed by atoms with Gasteiger partial charge in [0.25, 0.3) is 5.91 Å². The lowest BCUT2D eigenvalue weighted by atomic mass is 10.3. The number of anilines is 1. The molecule has 2 rings (SSSR count). The minimum absolute atomic E-state index is 0.133. The third-order valence-electron chi connectivity index (χ3n) is 2.15. The first-order valence-corrected chi connectivity index (χ1v) is 6.18. The predicted octanol–water partition coefficient (Wildman–Crippen LogP) is 3.41. The number of carbonyl (C=O) groups excluding carboxylic acids is 1. The van der Waals surface area contributed by atoms with Crippen molar-refractivity contribution in [2.75, 3.05) is 11.9 Å². The van der Waals surface area contributed by atoms with Crippen LogP contribution in [0.4, 0.5) is 5.69 Å². The third-order valence-corrected chi connectivity index (χ3v) is 2.59. The van der Waals surface area contributed by atoms with Crippen molar-refractivity contribution < 1.29 is 9.53 Å². The third kappa shape index (κ3) is 4.43. The summed E-state index contributed by atoms with van der Waals surface area (Å²) in [7, 11) is 0. The molecule has 0 spiro atoms. The fraction of sp³-hybridized carbons (Fsp3) is 0.0769. The van der Waals surface area contributed by atoms with Crippen LogP contribution < -0.4 is 10.1 Å². The standard InChI is InChI=1S/C13H10Cl2N2O2/c14-9-4-10(15)6-12(5-9)19-8-13(18)17-11-2-1-3-16-7-11/h1-7H,8H2,(H,17,18). The Morgan fingerprint density at radius 3 is 2.63 bits per heavy atom. The van der Waals surface area contributed by atoms with Gasteiger partial charge in [0.05, 0.1) is 11.9 Å². The van der Waals surface area contributed by atoms with E-state index in [2.05, 4.69) is 10.3 Å². The molecule has 0 aliphatic rings. The van der Waals surface area contributed by atoms with Gasteiger partial charge in [0, 0.05) is 16.2 Å². The second kappa shape index (κ2) is 6.41. The molecule has 0 bridgehead atoms. The van der Waals surface area contributed by atoms with Gasteiger partial charge in [-0.2, -0.15) is 0 Å². The molecular weight excluding hydrogens is 287 g/mol. The van der Waals surface area contributed by atoms with E-state index in [0.717, 1.165) is 0 Å². The Morgan fingerprint density at radius 2 is 2.00 bits per heavy atom. The van der Waals surface area contributed by atoms with Gasteiger partial charge < -0.3 is 10.1 Å². The van der Waals surface area contributed by atoms with Crippen molar-refractivity contribution in [2.45, 2.75) is 0 Å². The second-order valence-electron chi connectivity index (χ2n) is 3.68. The normalized spacial score (nSPS) is 10.0. The summed E-state index contributed by atoms with van der Waals surface area (Å²) in [4.78, 5) is 15.5. The van der Waals surface area contributed by atoms with E-state index in [0.29, 0.717) is 21.5 Å². The van der Waals surface area contributed by atoms with Crippen LogP contribution in [0.2, 0.25) is 10.0 Å². The molecule has 0 atom stereocenters. The van der Waals surface area contributed by atoms with Crippen molar-refractivity contribution >= 4 is 34.8 Å². The Labute approximate surface area is 120 Å². The van der Waals surface area contributed by atoms with E-state index in [-0.39, 0.29) is 12.5 Å². The van der Waals surface area contributed by atoms with Crippen molar-refractivity contribution in [2.24, 2.45) is 0 Å². The highest BCUT2D eigenvalue weighted by molar-refractivity contribution is 6.34. The Balaban J connectivity index is 1.90. The van der Waals surface area contributed by atoms with E-state index in [1.54, 1.807) is 42.7 Å². The Kier molecular flexibility index (Phi) is 4.60. The highest BCUT2D eigenvalue weighted by atomic mass is 35.5. The van der Waals surface area contributed by atoms with E-state index < -0.39 is 0 Å². The van der Waals surface area contributed by atoms with Crippen LogP contribution in [0, 0.1) is 0 Å². The number of halogens is 2. The van der Waals surface area contributed by atoms with Gasteiger partial charge in [-0.05, 0) is 30.3 Å². The van der Waals surface area contributed by atoms with E-state index in [9.17, 15) is 4.79 Å². The van der Waals surface area contributed by atoms with Crippen LogP contribution in [-0.2, 0) is 4.79 Å². The summed E-state index contributed by atoms with van der Waals surface area (Å²) in [5.41, 5.74) is 0.611. The smallest absolute Gasteiger partial charge is 0.262 e. The van der Waals surface area contributed by atoms with Crippen molar-refractivity contribution in [1.29, 1.82) is 0 Å². The Morgan fingerprint density at radius 1 is 1.26 bits per heavy atom. The zero-order chi connectivity index (χ0) is 13.7. The fourth-order valence-electron chi connectivity index (χ4n) is 1.39. The number of benzene rings is 1. The van der Waals surface area contributed by atoms with E-state index in [1.807, 2.05) is 0 Å². The molecule has 1 amide bonds. The number of rotatable bonds is 4. The van der Waals surface area contributed by atoms with Gasteiger partial charge in [-0.15, -0.1) is 0 Å². The average Bonchev–Trinajstić information content (AvgIpc) is 2.36. The largest absolute Gasteiger partial charge is 0.484 e. The molecule has 0 aliphatic heterocycles. The molecule has 0 radical (unpaired) electrons. The quantitative estimate of drug-likeness (QED) is 0.941. The minimum Gasteiger partial charge on any atom is -0.484 e. The molecule has 6 heteroatoms. The van der Waals surface area contributed by atoms with Crippen LogP contribution in [0.3, 0.4) is 0 Å². The number of ether oxygens (including phenoxy) is 1. The van der Waals surface area contributed by atoms with Crippen LogP contribution in [0.5, 0.6) is 5.75 Å². The Bertz CT molecular complexity index is 556. The first-order chi connectivity index (χ1) is 9.13. The maximum Gasteiger partial charge on any atom is 0.262 e. The summed E-state index contributed by atoms with van der Waals surface area (Å²) in [5, 5.41) is 3.56. The van der Waals surface area contributed by atoms with Gasteiger partial charge >= 0.3 is 0 Å². The van der Waals surface area contributed by atoms with Crippen molar-refractivity contribution in [3.05, 3.63) is 52.8 Å². The van der Waals surface area contributed by atoms with Gasteiger partial charge in [0.1, 0.15) is 5.75 Å². The first-order valence-electron chi connectivity index (χ1n) is 5.42. The number of hydrogen-bond acceptors (Lipinski definition) is 3. The molecule has 1 N–H and O–H groups in total. The molecule has 19 heavy (non-hydrogen) atoms. The summed E-state index contributed by atoms with van der Waals surface area (Å²) in [6.07, 6.45) is 3.17. The van der Waals surface area contributed by atoms with Crippen LogP contribution in [0.1, 0.15) is 0 Å². The topological polar surface area (TPSA) is 51.2 Å². The Hall–Kier alpha value is -1.78. The van der Waals surface area contributed by atoms with Crippen LogP contribution in [0.15, 0.2) is 42.7 Å². The number of nitrogens with one attached hydrogen (secondary N) is 1. The number of amides is 1. The maximum atomic E-state index is 11.6.